The van der Waals surface area contributed by atoms with Crippen LogP contribution in [0.1, 0.15) is 24.8 Å². The minimum Gasteiger partial charge on any atom is -0.466 e. The van der Waals surface area contributed by atoms with Crippen LogP contribution >= 0.6 is 0 Å². The molecule has 0 spiro atoms. The molecule has 2 aromatic carbocycles. The van der Waals surface area contributed by atoms with Gasteiger partial charge in [0.2, 0.25) is 5.88 Å². The molecule has 1 fully saturated rings. The van der Waals surface area contributed by atoms with E-state index in [4.69, 9.17) is 4.74 Å². The van der Waals surface area contributed by atoms with Crippen molar-refractivity contribution in [3.8, 4) is 28.3 Å². The first-order valence-corrected chi connectivity index (χ1v) is 11.4. The van der Waals surface area contributed by atoms with Crippen LogP contribution in [0.2, 0.25) is 0 Å². The second kappa shape index (κ2) is 8.85. The second-order valence-electron chi connectivity index (χ2n) is 8.90. The Kier molecular flexibility index (Phi) is 5.82. The van der Waals surface area contributed by atoms with Crippen molar-refractivity contribution in [3.05, 3.63) is 66.2 Å². The molecule has 36 heavy (non-hydrogen) atoms. The zero-order valence-corrected chi connectivity index (χ0v) is 19.0. The SMILES string of the molecule is O=C(O)NC1(c2ccc(-c3nc4c(cc3-c3ccccc3)N(CC(F)(F)F)C(=O)CO4)cc2)CCC1. The fraction of sp³-hybridized carbons (Fsp3) is 0.269. The fourth-order valence-electron chi connectivity index (χ4n) is 4.71. The van der Waals surface area contributed by atoms with Crippen LogP contribution in [-0.4, -0.2) is 41.4 Å². The van der Waals surface area contributed by atoms with Crippen molar-refractivity contribution in [2.75, 3.05) is 18.1 Å². The van der Waals surface area contributed by atoms with Gasteiger partial charge in [0.05, 0.1) is 11.2 Å². The van der Waals surface area contributed by atoms with E-state index in [2.05, 4.69) is 10.3 Å². The van der Waals surface area contributed by atoms with Crippen molar-refractivity contribution in [3.63, 3.8) is 0 Å². The number of rotatable bonds is 5. The number of hydrogen-bond acceptors (Lipinski definition) is 4. The van der Waals surface area contributed by atoms with Gasteiger partial charge in [0.1, 0.15) is 12.2 Å². The number of halogens is 3. The number of ether oxygens (including phenoxy) is 1. The molecule has 7 nitrogen and oxygen atoms in total. The molecule has 0 unspecified atom stereocenters. The molecular weight excluding hydrogens is 475 g/mol. The lowest BCUT2D eigenvalue weighted by Crippen LogP contribution is -2.50. The first kappa shape index (κ1) is 23.7. The molecule has 0 saturated heterocycles. The van der Waals surface area contributed by atoms with Crippen LogP contribution in [-0.2, 0) is 10.3 Å². The zero-order valence-electron chi connectivity index (χ0n) is 19.0. The summed E-state index contributed by atoms with van der Waals surface area (Å²) in [6.45, 7) is -1.98. The summed E-state index contributed by atoms with van der Waals surface area (Å²) in [6.07, 6.45) is -3.37. The smallest absolute Gasteiger partial charge is 0.406 e. The largest absolute Gasteiger partial charge is 0.466 e. The summed E-state index contributed by atoms with van der Waals surface area (Å²) in [6, 6.07) is 17.8. The minimum atomic E-state index is -4.59. The van der Waals surface area contributed by atoms with Crippen LogP contribution in [0.3, 0.4) is 0 Å². The summed E-state index contributed by atoms with van der Waals surface area (Å²) in [4.78, 5) is 28.8. The minimum absolute atomic E-state index is 0.0399. The van der Waals surface area contributed by atoms with Crippen LogP contribution in [0, 0.1) is 0 Å². The zero-order chi connectivity index (χ0) is 25.5. The van der Waals surface area contributed by atoms with E-state index in [0.29, 0.717) is 40.1 Å². The Bertz CT molecular complexity index is 1310. The average molecular weight is 497 g/mol. The molecule has 1 aliphatic heterocycles. The lowest BCUT2D eigenvalue weighted by molar-refractivity contribution is -0.134. The molecule has 3 aromatic rings. The molecule has 1 aliphatic carbocycles. The van der Waals surface area contributed by atoms with Crippen molar-refractivity contribution in [1.29, 1.82) is 0 Å². The Morgan fingerprint density at radius 3 is 2.36 bits per heavy atom. The summed E-state index contributed by atoms with van der Waals surface area (Å²) in [5, 5.41) is 11.9. The molecule has 0 bridgehead atoms. The number of amides is 2. The van der Waals surface area contributed by atoms with Gasteiger partial charge in [-0.1, -0.05) is 54.6 Å². The van der Waals surface area contributed by atoms with E-state index in [1.54, 1.807) is 24.3 Å². The first-order valence-electron chi connectivity index (χ1n) is 11.4. The molecule has 0 atom stereocenters. The highest BCUT2D eigenvalue weighted by atomic mass is 19.4. The summed E-state index contributed by atoms with van der Waals surface area (Å²) >= 11 is 0. The molecule has 5 rings (SSSR count). The van der Waals surface area contributed by atoms with Crippen molar-refractivity contribution in [2.24, 2.45) is 0 Å². The maximum Gasteiger partial charge on any atom is 0.406 e. The number of benzene rings is 2. The molecule has 2 amide bonds. The standard InChI is InChI=1S/C26H22F3N3O4/c27-26(28,29)15-32-20-13-19(16-5-2-1-3-6-16)22(30-23(20)36-14-21(32)33)17-7-9-18(10-8-17)25(11-4-12-25)31-24(34)35/h1-3,5-10,13,31H,4,11-12,14-15H2,(H,34,35). The lowest BCUT2D eigenvalue weighted by atomic mass is 9.71. The number of hydrogen-bond donors (Lipinski definition) is 2. The third-order valence-electron chi connectivity index (χ3n) is 6.58. The van der Waals surface area contributed by atoms with Crippen LogP contribution < -0.4 is 15.0 Å². The number of fused-ring (bicyclic) bond motifs is 1. The predicted molar refractivity (Wildman–Crippen MR) is 126 cm³/mol. The summed E-state index contributed by atoms with van der Waals surface area (Å²) in [5.41, 5.74) is 2.56. The van der Waals surface area contributed by atoms with E-state index in [-0.39, 0.29) is 11.6 Å². The highest BCUT2D eigenvalue weighted by Gasteiger charge is 2.40. The van der Waals surface area contributed by atoms with Crippen molar-refractivity contribution in [1.82, 2.24) is 10.3 Å². The van der Waals surface area contributed by atoms with Gasteiger partial charge in [-0.3, -0.25) is 9.69 Å². The lowest BCUT2D eigenvalue weighted by Gasteiger charge is -2.42. The normalized spacial score (nSPS) is 16.5. The number of carbonyl (C=O) groups is 2. The maximum absolute atomic E-state index is 13.2. The Labute approximate surface area is 204 Å². The average Bonchev–Trinajstić information content (AvgIpc) is 2.82. The van der Waals surface area contributed by atoms with Gasteiger partial charge < -0.3 is 15.2 Å². The summed E-state index contributed by atoms with van der Waals surface area (Å²) in [5.74, 6) is -0.852. The summed E-state index contributed by atoms with van der Waals surface area (Å²) < 4.78 is 45.1. The fourth-order valence-corrected chi connectivity index (χ4v) is 4.71. The molecule has 186 valence electrons. The van der Waals surface area contributed by atoms with Gasteiger partial charge in [0.25, 0.3) is 5.91 Å². The van der Waals surface area contributed by atoms with Crippen molar-refractivity contribution in [2.45, 2.75) is 31.0 Å². The Morgan fingerprint density at radius 2 is 1.78 bits per heavy atom. The van der Waals surface area contributed by atoms with Gasteiger partial charge in [0, 0.05) is 11.1 Å². The quantitative estimate of drug-likeness (QED) is 0.496. The molecule has 0 radical (unpaired) electrons. The Morgan fingerprint density at radius 1 is 1.08 bits per heavy atom. The van der Waals surface area contributed by atoms with Crippen LogP contribution in [0.5, 0.6) is 5.88 Å². The van der Waals surface area contributed by atoms with Gasteiger partial charge >= 0.3 is 12.3 Å². The number of nitrogens with one attached hydrogen (secondary N) is 1. The van der Waals surface area contributed by atoms with Crippen LogP contribution in [0.15, 0.2) is 60.7 Å². The van der Waals surface area contributed by atoms with E-state index in [0.717, 1.165) is 12.0 Å². The number of pyridine rings is 1. The molecule has 2 N–H and O–H groups in total. The van der Waals surface area contributed by atoms with E-state index in [1.165, 1.54) is 6.07 Å². The third kappa shape index (κ3) is 4.46. The van der Waals surface area contributed by atoms with Gasteiger partial charge in [-0.15, -0.1) is 0 Å². The first-order chi connectivity index (χ1) is 17.2. The van der Waals surface area contributed by atoms with Crippen LogP contribution in [0.25, 0.3) is 22.4 Å². The topological polar surface area (TPSA) is 91.8 Å². The Hall–Kier alpha value is -4.08. The highest BCUT2D eigenvalue weighted by Crippen LogP contribution is 2.44. The van der Waals surface area contributed by atoms with E-state index in [1.807, 2.05) is 30.3 Å². The van der Waals surface area contributed by atoms with Crippen LogP contribution in [0.4, 0.5) is 23.7 Å². The molecule has 1 aromatic heterocycles. The number of anilines is 1. The number of aromatic nitrogens is 1. The van der Waals surface area contributed by atoms with Gasteiger partial charge in [-0.05, 0) is 36.5 Å². The molecule has 1 saturated carbocycles. The molecule has 10 heteroatoms. The molecule has 2 aliphatic rings. The third-order valence-corrected chi connectivity index (χ3v) is 6.58. The predicted octanol–water partition coefficient (Wildman–Crippen LogP) is 5.35. The number of nitrogens with zero attached hydrogens (tertiary/aromatic N) is 2. The van der Waals surface area contributed by atoms with Crippen molar-refractivity contribution < 1.29 is 32.6 Å². The number of alkyl halides is 3. The highest BCUT2D eigenvalue weighted by molar-refractivity contribution is 5.99. The van der Waals surface area contributed by atoms with E-state index >= 15 is 0 Å². The maximum atomic E-state index is 13.2. The number of carbonyl (C=O) groups excluding carboxylic acids is 1. The second-order valence-corrected chi connectivity index (χ2v) is 8.90. The summed E-state index contributed by atoms with van der Waals surface area (Å²) in [7, 11) is 0. The van der Waals surface area contributed by atoms with E-state index < -0.39 is 36.9 Å². The monoisotopic (exact) mass is 497 g/mol. The van der Waals surface area contributed by atoms with Gasteiger partial charge in [-0.2, -0.15) is 13.2 Å². The molecular formula is C26H22F3N3O4. The van der Waals surface area contributed by atoms with E-state index in [9.17, 15) is 27.9 Å². The number of carboxylic acid groups (broad SMARTS) is 1. The molecule has 2 heterocycles. The van der Waals surface area contributed by atoms with Gasteiger partial charge in [-0.25, -0.2) is 9.78 Å². The van der Waals surface area contributed by atoms with Crippen molar-refractivity contribution >= 4 is 17.7 Å². The Balaban J connectivity index is 1.60. The van der Waals surface area contributed by atoms with Gasteiger partial charge in [0.15, 0.2) is 6.61 Å².